The minimum Gasteiger partial charge on any atom is -0.350 e. The van der Waals surface area contributed by atoms with Gasteiger partial charge in [0.25, 0.3) is 11.8 Å². The fraction of sp³-hybridized carbons (Fsp3) is 0.0833. The van der Waals surface area contributed by atoms with Crippen molar-refractivity contribution in [3.05, 3.63) is 107 Å². The maximum atomic E-state index is 13.2. The van der Waals surface area contributed by atoms with Crippen molar-refractivity contribution in [2.45, 2.75) is 6.42 Å². The van der Waals surface area contributed by atoms with Crippen LogP contribution in [0.3, 0.4) is 0 Å². The zero-order valence-corrected chi connectivity index (χ0v) is 15.9. The van der Waals surface area contributed by atoms with Gasteiger partial charge in [-0.3, -0.25) is 14.5 Å². The third-order valence-corrected chi connectivity index (χ3v) is 4.88. The summed E-state index contributed by atoms with van der Waals surface area (Å²) in [6.45, 7) is 0.161. The topological polar surface area (TPSA) is 49.4 Å². The Hall–Kier alpha value is -3.80. The lowest BCUT2D eigenvalue weighted by Crippen LogP contribution is -2.34. The van der Waals surface area contributed by atoms with Crippen molar-refractivity contribution in [3.63, 3.8) is 0 Å². The molecule has 0 fully saturated rings. The summed E-state index contributed by atoms with van der Waals surface area (Å²) in [5, 5.41) is 2.98. The molecule has 0 spiro atoms. The summed E-state index contributed by atoms with van der Waals surface area (Å²) in [5.41, 5.74) is 2.35. The second kappa shape index (κ2) is 8.29. The van der Waals surface area contributed by atoms with Gasteiger partial charge in [0, 0.05) is 12.2 Å². The van der Waals surface area contributed by atoms with Gasteiger partial charge >= 0.3 is 0 Å². The lowest BCUT2D eigenvalue weighted by Gasteiger charge is -2.15. The van der Waals surface area contributed by atoms with Crippen molar-refractivity contribution in [2.75, 3.05) is 11.9 Å². The molecule has 0 saturated heterocycles. The molecule has 0 radical (unpaired) electrons. The minimum atomic E-state index is -0.453. The number of nitrogens with one attached hydrogen (secondary N) is 1. The molecule has 1 aliphatic rings. The monoisotopic (exact) mass is 404 g/mol. The average molecular weight is 404 g/mol. The van der Waals surface area contributed by atoms with Crippen LogP contribution >= 0.6 is 0 Å². The highest BCUT2D eigenvalue weighted by atomic mass is 19.1. The molecule has 1 N–H and O–H groups in total. The molecule has 2 amide bonds. The largest absolute Gasteiger partial charge is 0.350 e. The fourth-order valence-electron chi connectivity index (χ4n) is 3.34. The first-order valence-electron chi connectivity index (χ1n) is 9.46. The number of benzene rings is 3. The van der Waals surface area contributed by atoms with Gasteiger partial charge in [-0.25, -0.2) is 8.78 Å². The smallest absolute Gasteiger partial charge is 0.278 e. The first-order valence-corrected chi connectivity index (χ1v) is 9.46. The molecular formula is C24H18F2N2O2. The predicted octanol–water partition coefficient (Wildman–Crippen LogP) is 4.40. The number of amides is 2. The third kappa shape index (κ3) is 3.98. The number of carbonyl (C=O) groups is 2. The Balaban J connectivity index is 1.63. The molecule has 150 valence electrons. The van der Waals surface area contributed by atoms with Gasteiger partial charge in [0.15, 0.2) is 0 Å². The molecule has 4 nitrogen and oxygen atoms in total. The number of anilines is 1. The summed E-state index contributed by atoms with van der Waals surface area (Å²) < 4.78 is 26.4. The van der Waals surface area contributed by atoms with Crippen molar-refractivity contribution < 1.29 is 18.4 Å². The molecule has 1 heterocycles. The number of nitrogens with zero attached hydrogens (tertiary/aromatic N) is 1. The van der Waals surface area contributed by atoms with E-state index in [0.29, 0.717) is 17.7 Å². The number of rotatable bonds is 6. The molecule has 3 aromatic rings. The van der Waals surface area contributed by atoms with Crippen LogP contribution in [0.5, 0.6) is 0 Å². The molecule has 1 aliphatic heterocycles. The highest BCUT2D eigenvalue weighted by molar-refractivity contribution is 6.36. The van der Waals surface area contributed by atoms with Gasteiger partial charge in [-0.05, 0) is 53.9 Å². The van der Waals surface area contributed by atoms with Gasteiger partial charge in [-0.15, -0.1) is 0 Å². The molecule has 0 unspecified atom stereocenters. The average Bonchev–Trinajstić information content (AvgIpc) is 2.99. The van der Waals surface area contributed by atoms with E-state index in [0.717, 1.165) is 5.56 Å². The second-order valence-electron chi connectivity index (χ2n) is 6.89. The van der Waals surface area contributed by atoms with E-state index >= 15 is 0 Å². The van der Waals surface area contributed by atoms with E-state index in [4.69, 9.17) is 0 Å². The SMILES string of the molecule is O=C1C(Nc2ccc(F)cc2)=C(c2ccccc2)C(=O)N1CCc1ccc(F)cc1. The Morgan fingerprint density at radius 1 is 0.733 bits per heavy atom. The summed E-state index contributed by atoms with van der Waals surface area (Å²) in [4.78, 5) is 27.4. The van der Waals surface area contributed by atoms with Crippen LogP contribution < -0.4 is 5.32 Å². The highest BCUT2D eigenvalue weighted by Crippen LogP contribution is 2.30. The number of imide groups is 1. The summed E-state index contributed by atoms with van der Waals surface area (Å²) in [6, 6.07) is 20.4. The normalized spacial score (nSPS) is 13.9. The predicted molar refractivity (Wildman–Crippen MR) is 110 cm³/mol. The molecule has 0 atom stereocenters. The molecule has 0 aliphatic carbocycles. The Kier molecular flexibility index (Phi) is 5.39. The lowest BCUT2D eigenvalue weighted by molar-refractivity contribution is -0.136. The van der Waals surface area contributed by atoms with Crippen LogP contribution in [-0.2, 0) is 16.0 Å². The van der Waals surface area contributed by atoms with E-state index < -0.39 is 17.6 Å². The number of halogens is 2. The van der Waals surface area contributed by atoms with Crippen LogP contribution in [0.15, 0.2) is 84.6 Å². The maximum Gasteiger partial charge on any atom is 0.278 e. The number of carbonyl (C=O) groups excluding carboxylic acids is 2. The van der Waals surface area contributed by atoms with Gasteiger partial charge in [-0.1, -0.05) is 42.5 Å². The zero-order valence-electron chi connectivity index (χ0n) is 15.9. The summed E-state index contributed by atoms with van der Waals surface area (Å²) >= 11 is 0. The maximum absolute atomic E-state index is 13.2. The quantitative estimate of drug-likeness (QED) is 0.620. The van der Waals surface area contributed by atoms with E-state index in [1.807, 2.05) is 6.07 Å². The van der Waals surface area contributed by atoms with Crippen LogP contribution in [-0.4, -0.2) is 23.3 Å². The first-order chi connectivity index (χ1) is 14.5. The fourth-order valence-corrected chi connectivity index (χ4v) is 3.34. The Morgan fingerprint density at radius 2 is 1.33 bits per heavy atom. The van der Waals surface area contributed by atoms with E-state index in [9.17, 15) is 18.4 Å². The van der Waals surface area contributed by atoms with Gasteiger partial charge < -0.3 is 5.32 Å². The first kappa shape index (κ1) is 19.5. The third-order valence-electron chi connectivity index (χ3n) is 4.88. The van der Waals surface area contributed by atoms with Crippen molar-refractivity contribution in [3.8, 4) is 0 Å². The summed E-state index contributed by atoms with van der Waals surface area (Å²) in [6.07, 6.45) is 0.406. The van der Waals surface area contributed by atoms with Crippen molar-refractivity contribution in [2.24, 2.45) is 0 Å². The van der Waals surface area contributed by atoms with Gasteiger partial charge in [0.05, 0.1) is 5.57 Å². The Labute approximate surface area is 172 Å². The molecule has 0 bridgehead atoms. The standard InChI is InChI=1S/C24H18F2N2O2/c25-18-8-6-16(7-9-18)14-15-28-23(29)21(17-4-2-1-3-5-17)22(24(28)30)27-20-12-10-19(26)11-13-20/h1-13,27H,14-15H2. The lowest BCUT2D eigenvalue weighted by atomic mass is 10.0. The van der Waals surface area contributed by atoms with Crippen LogP contribution in [0.1, 0.15) is 11.1 Å². The van der Waals surface area contributed by atoms with E-state index in [1.165, 1.54) is 41.3 Å². The van der Waals surface area contributed by atoms with Crippen LogP contribution in [0.4, 0.5) is 14.5 Å². The molecule has 3 aromatic carbocycles. The van der Waals surface area contributed by atoms with E-state index in [2.05, 4.69) is 5.32 Å². The molecule has 6 heteroatoms. The summed E-state index contributed by atoms with van der Waals surface area (Å²) in [7, 11) is 0. The molecule has 0 saturated carbocycles. The molecule has 4 rings (SSSR count). The molecular weight excluding hydrogens is 386 g/mol. The van der Waals surface area contributed by atoms with Gasteiger partial charge in [-0.2, -0.15) is 0 Å². The Morgan fingerprint density at radius 3 is 1.97 bits per heavy atom. The van der Waals surface area contributed by atoms with Crippen LogP contribution in [0, 0.1) is 11.6 Å². The van der Waals surface area contributed by atoms with Gasteiger partial charge in [0.2, 0.25) is 0 Å². The second-order valence-corrected chi connectivity index (χ2v) is 6.89. The van der Waals surface area contributed by atoms with Crippen molar-refractivity contribution in [1.82, 2.24) is 4.90 Å². The summed E-state index contributed by atoms with van der Waals surface area (Å²) in [5.74, 6) is -1.60. The highest BCUT2D eigenvalue weighted by Gasteiger charge is 2.38. The van der Waals surface area contributed by atoms with Crippen molar-refractivity contribution >= 4 is 23.1 Å². The van der Waals surface area contributed by atoms with Crippen LogP contribution in [0.2, 0.25) is 0 Å². The number of hydrogen-bond acceptors (Lipinski definition) is 3. The van der Waals surface area contributed by atoms with E-state index in [1.54, 1.807) is 36.4 Å². The zero-order chi connectivity index (χ0) is 21.1. The Bertz CT molecular complexity index is 1110. The van der Waals surface area contributed by atoms with Gasteiger partial charge in [0.1, 0.15) is 17.3 Å². The van der Waals surface area contributed by atoms with Crippen LogP contribution in [0.25, 0.3) is 5.57 Å². The molecule has 30 heavy (non-hydrogen) atoms. The molecule has 0 aromatic heterocycles. The minimum absolute atomic E-state index is 0.150. The van der Waals surface area contributed by atoms with Crippen molar-refractivity contribution in [1.29, 1.82) is 0 Å². The van der Waals surface area contributed by atoms with E-state index in [-0.39, 0.29) is 23.6 Å². The number of hydrogen-bond donors (Lipinski definition) is 1.